The average molecular weight is 306 g/mol. The van der Waals surface area contributed by atoms with Crippen LogP contribution in [-0.4, -0.2) is 44.2 Å². The molecule has 0 saturated carbocycles. The van der Waals surface area contributed by atoms with E-state index in [2.05, 4.69) is 13.8 Å². The lowest BCUT2D eigenvalue weighted by atomic mass is 10.1. The van der Waals surface area contributed by atoms with E-state index in [1.807, 2.05) is 31.2 Å². The van der Waals surface area contributed by atoms with Crippen molar-refractivity contribution < 1.29 is 19.2 Å². The van der Waals surface area contributed by atoms with Gasteiger partial charge in [-0.15, -0.1) is 0 Å². The molecule has 2 rings (SSSR count). The summed E-state index contributed by atoms with van der Waals surface area (Å²) in [6, 6.07) is 7.46. The molecular weight excluding hydrogens is 278 g/mol. The van der Waals surface area contributed by atoms with E-state index in [1.165, 1.54) is 0 Å². The van der Waals surface area contributed by atoms with Crippen molar-refractivity contribution in [2.45, 2.75) is 45.8 Å². The Morgan fingerprint density at radius 1 is 1.23 bits per heavy atom. The van der Waals surface area contributed by atoms with E-state index in [1.54, 1.807) is 4.90 Å². The number of quaternary nitrogens is 1. The molecule has 1 aromatic carbocycles. The van der Waals surface area contributed by atoms with Gasteiger partial charge in [0.25, 0.3) is 0 Å². The van der Waals surface area contributed by atoms with Crippen LogP contribution in [0.15, 0.2) is 24.3 Å². The Labute approximate surface area is 133 Å². The Kier molecular flexibility index (Phi) is 6.40. The maximum absolute atomic E-state index is 11.6. The molecule has 1 heterocycles. The van der Waals surface area contributed by atoms with Gasteiger partial charge < -0.3 is 14.4 Å². The normalized spacial score (nSPS) is 25.0. The fourth-order valence-corrected chi connectivity index (χ4v) is 3.05. The van der Waals surface area contributed by atoms with Gasteiger partial charge in [-0.25, -0.2) is 0 Å². The number of hydrogen-bond acceptors (Lipinski definition) is 3. The highest BCUT2D eigenvalue weighted by molar-refractivity contribution is 5.95. The van der Waals surface area contributed by atoms with Gasteiger partial charge in [0.15, 0.2) is 5.78 Å². The maximum atomic E-state index is 11.6. The molecule has 0 bridgehead atoms. The van der Waals surface area contributed by atoms with Gasteiger partial charge in [-0.05, 0) is 38.1 Å². The van der Waals surface area contributed by atoms with E-state index in [0.29, 0.717) is 25.2 Å². The predicted molar refractivity (Wildman–Crippen MR) is 86.7 cm³/mol. The third kappa shape index (κ3) is 5.11. The Morgan fingerprint density at radius 3 is 2.45 bits per heavy atom. The molecular formula is C18H28NO3+. The highest BCUT2D eigenvalue weighted by Gasteiger charge is 2.24. The number of benzene rings is 1. The molecule has 0 spiro atoms. The van der Waals surface area contributed by atoms with Crippen LogP contribution in [0.3, 0.4) is 0 Å². The highest BCUT2D eigenvalue weighted by atomic mass is 16.5. The highest BCUT2D eigenvalue weighted by Crippen LogP contribution is 2.13. The summed E-state index contributed by atoms with van der Waals surface area (Å²) in [5.41, 5.74) is 0.760. The lowest BCUT2D eigenvalue weighted by Gasteiger charge is -2.32. The summed E-state index contributed by atoms with van der Waals surface area (Å²) in [6.45, 7) is 10.2. The zero-order chi connectivity index (χ0) is 15.9. The van der Waals surface area contributed by atoms with Gasteiger partial charge in [0.2, 0.25) is 0 Å². The second-order valence-corrected chi connectivity index (χ2v) is 6.17. The van der Waals surface area contributed by atoms with E-state index in [-0.39, 0.29) is 5.78 Å². The van der Waals surface area contributed by atoms with E-state index >= 15 is 0 Å². The van der Waals surface area contributed by atoms with Crippen molar-refractivity contribution in [1.29, 1.82) is 0 Å². The molecule has 2 atom stereocenters. The van der Waals surface area contributed by atoms with Crippen LogP contribution >= 0.6 is 0 Å². The summed E-state index contributed by atoms with van der Waals surface area (Å²) in [5.74, 6) is 1.01. The SMILES string of the molecule is CCC(=O)c1ccc(OCCC[NH+]2C[C@H](C)O[C@@H](C)C2)cc1. The number of rotatable bonds is 7. The van der Waals surface area contributed by atoms with E-state index in [4.69, 9.17) is 9.47 Å². The van der Waals surface area contributed by atoms with Crippen LogP contribution < -0.4 is 9.64 Å². The van der Waals surface area contributed by atoms with Crippen molar-refractivity contribution >= 4 is 5.78 Å². The molecule has 1 fully saturated rings. The molecule has 0 radical (unpaired) electrons. The summed E-state index contributed by atoms with van der Waals surface area (Å²) in [6.07, 6.45) is 2.27. The van der Waals surface area contributed by atoms with Gasteiger partial charge >= 0.3 is 0 Å². The van der Waals surface area contributed by atoms with Crippen LogP contribution in [0.25, 0.3) is 0 Å². The summed E-state index contributed by atoms with van der Waals surface area (Å²) in [5, 5.41) is 0. The minimum Gasteiger partial charge on any atom is -0.493 e. The number of carbonyl (C=O) groups excluding carboxylic acids is 1. The molecule has 1 aromatic rings. The molecule has 4 heteroatoms. The molecule has 1 aliphatic heterocycles. The van der Waals surface area contributed by atoms with E-state index in [0.717, 1.165) is 37.4 Å². The second kappa shape index (κ2) is 8.30. The fourth-order valence-electron chi connectivity index (χ4n) is 3.05. The smallest absolute Gasteiger partial charge is 0.162 e. The van der Waals surface area contributed by atoms with Crippen LogP contribution in [0.4, 0.5) is 0 Å². The number of ether oxygens (including phenoxy) is 2. The van der Waals surface area contributed by atoms with Crippen LogP contribution in [0.2, 0.25) is 0 Å². The monoisotopic (exact) mass is 306 g/mol. The Hall–Kier alpha value is -1.39. The standard InChI is InChI=1S/C18H27NO3/c1-4-18(20)16-6-8-17(9-7-16)21-11-5-10-19-12-14(2)22-15(3)13-19/h6-9,14-15H,4-5,10-13H2,1-3H3/p+1/t14-,15-/m0/s1. The first kappa shape index (κ1) is 17.0. The molecule has 1 saturated heterocycles. The van der Waals surface area contributed by atoms with Crippen molar-refractivity contribution in [3.63, 3.8) is 0 Å². The first-order valence-corrected chi connectivity index (χ1v) is 8.33. The van der Waals surface area contributed by atoms with E-state index < -0.39 is 0 Å². The third-order valence-corrected chi connectivity index (χ3v) is 4.06. The first-order chi connectivity index (χ1) is 10.6. The summed E-state index contributed by atoms with van der Waals surface area (Å²) in [7, 11) is 0. The van der Waals surface area contributed by atoms with Gasteiger partial charge in [-0.2, -0.15) is 0 Å². The Balaban J connectivity index is 1.69. The third-order valence-electron chi connectivity index (χ3n) is 4.06. The summed E-state index contributed by atoms with van der Waals surface area (Å²) < 4.78 is 11.5. The van der Waals surface area contributed by atoms with Gasteiger partial charge in [0.1, 0.15) is 31.0 Å². The summed E-state index contributed by atoms with van der Waals surface area (Å²) >= 11 is 0. The van der Waals surface area contributed by atoms with Crippen molar-refractivity contribution in [1.82, 2.24) is 0 Å². The molecule has 0 aliphatic carbocycles. The number of nitrogens with one attached hydrogen (secondary N) is 1. The molecule has 1 aliphatic rings. The van der Waals surface area contributed by atoms with Crippen molar-refractivity contribution in [2.75, 3.05) is 26.2 Å². The molecule has 22 heavy (non-hydrogen) atoms. The number of hydrogen-bond donors (Lipinski definition) is 1. The van der Waals surface area contributed by atoms with Crippen molar-refractivity contribution in [3.05, 3.63) is 29.8 Å². The number of ketones is 1. The molecule has 0 unspecified atom stereocenters. The van der Waals surface area contributed by atoms with Gasteiger partial charge in [0.05, 0.1) is 13.2 Å². The molecule has 0 amide bonds. The second-order valence-electron chi connectivity index (χ2n) is 6.17. The number of Topliss-reactive ketones (excluding diaryl/α,β-unsaturated/α-hetero) is 1. The molecule has 0 aromatic heterocycles. The van der Waals surface area contributed by atoms with Crippen LogP contribution in [0, 0.1) is 0 Å². The lowest BCUT2D eigenvalue weighted by molar-refractivity contribution is -0.915. The minimum atomic E-state index is 0.172. The zero-order valence-electron chi connectivity index (χ0n) is 13.9. The maximum Gasteiger partial charge on any atom is 0.162 e. The largest absolute Gasteiger partial charge is 0.493 e. The zero-order valence-corrected chi connectivity index (χ0v) is 13.9. The Bertz CT molecular complexity index is 462. The minimum absolute atomic E-state index is 0.172. The van der Waals surface area contributed by atoms with Crippen LogP contribution in [-0.2, 0) is 4.74 Å². The average Bonchev–Trinajstić information content (AvgIpc) is 2.50. The molecule has 1 N–H and O–H groups in total. The van der Waals surface area contributed by atoms with E-state index in [9.17, 15) is 4.79 Å². The lowest BCUT2D eigenvalue weighted by Crippen LogP contribution is -3.15. The number of carbonyl (C=O) groups is 1. The fraction of sp³-hybridized carbons (Fsp3) is 0.611. The quantitative estimate of drug-likeness (QED) is 0.616. The van der Waals surface area contributed by atoms with Gasteiger partial charge in [0, 0.05) is 18.4 Å². The topological polar surface area (TPSA) is 40.0 Å². The van der Waals surface area contributed by atoms with Crippen molar-refractivity contribution in [3.8, 4) is 5.75 Å². The number of morpholine rings is 1. The Morgan fingerprint density at radius 2 is 1.86 bits per heavy atom. The summed E-state index contributed by atoms with van der Waals surface area (Å²) in [4.78, 5) is 13.2. The van der Waals surface area contributed by atoms with Gasteiger partial charge in [-0.3, -0.25) is 4.79 Å². The predicted octanol–water partition coefficient (Wildman–Crippen LogP) is 1.74. The van der Waals surface area contributed by atoms with Gasteiger partial charge in [-0.1, -0.05) is 6.92 Å². The molecule has 122 valence electrons. The van der Waals surface area contributed by atoms with Crippen LogP contribution in [0.5, 0.6) is 5.75 Å². The molecule has 4 nitrogen and oxygen atoms in total. The van der Waals surface area contributed by atoms with Crippen LogP contribution in [0.1, 0.15) is 44.0 Å². The first-order valence-electron chi connectivity index (χ1n) is 8.33. The van der Waals surface area contributed by atoms with Crippen molar-refractivity contribution in [2.24, 2.45) is 0 Å².